The summed E-state index contributed by atoms with van der Waals surface area (Å²) < 4.78 is 9.70. The predicted octanol–water partition coefficient (Wildman–Crippen LogP) is 1.75. The fourth-order valence-electron chi connectivity index (χ4n) is 3.72. The smallest absolute Gasteiger partial charge is 0.337 e. The molecule has 1 aliphatic carbocycles. The minimum Gasteiger partial charge on any atom is -0.465 e. The number of likely N-dealkylation sites (tertiary alicyclic amines) is 1. The van der Waals surface area contributed by atoms with Crippen molar-refractivity contribution in [3.63, 3.8) is 0 Å². The molecule has 2 fully saturated rings. The van der Waals surface area contributed by atoms with Crippen LogP contribution in [-0.2, 0) is 23.9 Å². The summed E-state index contributed by atoms with van der Waals surface area (Å²) in [5.41, 5.74) is 0.835. The van der Waals surface area contributed by atoms with Crippen LogP contribution in [0.25, 0.3) is 0 Å². The van der Waals surface area contributed by atoms with E-state index >= 15 is 0 Å². The first-order valence-corrected chi connectivity index (χ1v) is 9.42. The third-order valence-electron chi connectivity index (χ3n) is 5.19. The number of nitrogens with one attached hydrogen (secondary N) is 1. The summed E-state index contributed by atoms with van der Waals surface area (Å²) in [5.74, 6) is -2.00. The van der Waals surface area contributed by atoms with Gasteiger partial charge in [0.05, 0.1) is 18.6 Å². The number of carbonyl (C=O) groups excluding carboxylic acids is 4. The molecule has 8 heteroatoms. The van der Waals surface area contributed by atoms with Crippen LogP contribution in [0.5, 0.6) is 0 Å². The van der Waals surface area contributed by atoms with E-state index in [0.29, 0.717) is 17.8 Å². The highest BCUT2D eigenvalue weighted by Gasteiger charge is 2.39. The van der Waals surface area contributed by atoms with E-state index in [1.807, 2.05) is 0 Å². The fraction of sp³-hybridized carbons (Fsp3) is 0.500. The number of anilines is 1. The van der Waals surface area contributed by atoms with E-state index < -0.39 is 30.4 Å². The second-order valence-electron chi connectivity index (χ2n) is 7.11. The molecule has 2 amide bonds. The van der Waals surface area contributed by atoms with Crippen LogP contribution in [0.1, 0.15) is 42.5 Å². The molecular weight excluding hydrogens is 364 g/mol. The van der Waals surface area contributed by atoms with Gasteiger partial charge in [0.15, 0.2) is 6.61 Å². The predicted molar refractivity (Wildman–Crippen MR) is 99.4 cm³/mol. The molecule has 1 saturated heterocycles. The number of methoxy groups -OCH3 is 1. The maximum Gasteiger partial charge on any atom is 0.337 e. The molecular formula is C20H24N2O6. The van der Waals surface area contributed by atoms with E-state index in [-0.39, 0.29) is 18.4 Å². The lowest BCUT2D eigenvalue weighted by Gasteiger charge is -2.23. The lowest BCUT2D eigenvalue weighted by molar-refractivity contribution is -0.151. The molecule has 1 saturated carbocycles. The van der Waals surface area contributed by atoms with Gasteiger partial charge in [0, 0.05) is 24.7 Å². The molecule has 0 aromatic heterocycles. The molecule has 8 nitrogen and oxygen atoms in total. The zero-order valence-electron chi connectivity index (χ0n) is 15.8. The van der Waals surface area contributed by atoms with Crippen LogP contribution >= 0.6 is 0 Å². The Morgan fingerprint density at radius 2 is 1.82 bits per heavy atom. The van der Waals surface area contributed by atoms with Crippen molar-refractivity contribution < 1.29 is 28.7 Å². The van der Waals surface area contributed by atoms with Gasteiger partial charge in [-0.25, -0.2) is 4.79 Å². The van der Waals surface area contributed by atoms with Crippen LogP contribution in [0.4, 0.5) is 5.69 Å². The number of nitrogens with zero attached hydrogens (tertiary/aromatic N) is 1. The number of benzene rings is 1. The molecule has 0 unspecified atom stereocenters. The Kier molecular flexibility index (Phi) is 6.28. The Balaban J connectivity index is 1.44. The first-order valence-electron chi connectivity index (χ1n) is 9.42. The third kappa shape index (κ3) is 4.68. The maximum atomic E-state index is 12.2. The van der Waals surface area contributed by atoms with Crippen LogP contribution in [0.3, 0.4) is 0 Å². The van der Waals surface area contributed by atoms with Gasteiger partial charge in [0.25, 0.3) is 5.91 Å². The first-order chi connectivity index (χ1) is 13.5. The maximum absolute atomic E-state index is 12.2. The minimum atomic E-state index is -0.523. The normalized spacial score (nSPS) is 19.5. The van der Waals surface area contributed by atoms with Gasteiger partial charge in [-0.05, 0) is 37.1 Å². The topological polar surface area (TPSA) is 102 Å². The van der Waals surface area contributed by atoms with Crippen molar-refractivity contribution in [1.82, 2.24) is 4.90 Å². The summed E-state index contributed by atoms with van der Waals surface area (Å²) in [7, 11) is 1.29. The number of hydrogen-bond acceptors (Lipinski definition) is 6. The summed E-state index contributed by atoms with van der Waals surface area (Å²) in [6.45, 7) is -0.0509. The summed E-state index contributed by atoms with van der Waals surface area (Å²) in [5, 5.41) is 2.59. The highest BCUT2D eigenvalue weighted by atomic mass is 16.5. The van der Waals surface area contributed by atoms with Crippen molar-refractivity contribution in [3.05, 3.63) is 29.8 Å². The zero-order chi connectivity index (χ0) is 20.1. The second-order valence-corrected chi connectivity index (χ2v) is 7.11. The van der Waals surface area contributed by atoms with Crippen molar-refractivity contribution in [3.8, 4) is 0 Å². The summed E-state index contributed by atoms with van der Waals surface area (Å²) in [6.07, 6.45) is 4.36. The summed E-state index contributed by atoms with van der Waals surface area (Å²) in [4.78, 5) is 49.6. The van der Waals surface area contributed by atoms with Gasteiger partial charge in [-0.3, -0.25) is 14.4 Å². The molecule has 1 aliphatic heterocycles. The number of carbonyl (C=O) groups is 4. The Hall–Kier alpha value is -2.90. The van der Waals surface area contributed by atoms with Crippen molar-refractivity contribution in [2.75, 3.05) is 25.6 Å². The van der Waals surface area contributed by atoms with Crippen molar-refractivity contribution in [2.45, 2.75) is 38.1 Å². The summed E-state index contributed by atoms with van der Waals surface area (Å²) >= 11 is 0. The van der Waals surface area contributed by atoms with E-state index in [2.05, 4.69) is 10.1 Å². The number of amides is 2. The molecule has 1 heterocycles. The summed E-state index contributed by atoms with van der Waals surface area (Å²) in [6, 6.07) is 6.40. The van der Waals surface area contributed by atoms with Gasteiger partial charge in [-0.2, -0.15) is 0 Å². The monoisotopic (exact) mass is 388 g/mol. The molecule has 0 radical (unpaired) electrons. The molecule has 2 aliphatic rings. The van der Waals surface area contributed by atoms with Gasteiger partial charge in [0.2, 0.25) is 5.91 Å². The molecule has 150 valence electrons. The Morgan fingerprint density at radius 3 is 2.46 bits per heavy atom. The molecule has 28 heavy (non-hydrogen) atoms. The molecule has 0 bridgehead atoms. The van der Waals surface area contributed by atoms with Gasteiger partial charge in [0.1, 0.15) is 0 Å². The van der Waals surface area contributed by atoms with E-state index in [1.165, 1.54) is 19.2 Å². The van der Waals surface area contributed by atoms with E-state index in [4.69, 9.17) is 4.74 Å². The SMILES string of the molecule is COC(=O)c1ccc(NC(=O)COC(=O)[C@H]2CC(=O)N(C3CCCC3)C2)cc1. The highest BCUT2D eigenvalue weighted by Crippen LogP contribution is 2.29. The van der Waals surface area contributed by atoms with E-state index in [1.54, 1.807) is 17.0 Å². The van der Waals surface area contributed by atoms with Crippen LogP contribution in [-0.4, -0.2) is 55.0 Å². The first kappa shape index (κ1) is 19.9. The van der Waals surface area contributed by atoms with Crippen LogP contribution in [0, 0.1) is 5.92 Å². The van der Waals surface area contributed by atoms with Gasteiger partial charge in [-0.1, -0.05) is 12.8 Å². The number of ether oxygens (including phenoxy) is 2. The van der Waals surface area contributed by atoms with Crippen molar-refractivity contribution >= 4 is 29.4 Å². The Bertz CT molecular complexity index is 754. The molecule has 1 aromatic rings. The Labute approximate surface area is 163 Å². The van der Waals surface area contributed by atoms with Crippen molar-refractivity contribution in [2.24, 2.45) is 5.92 Å². The van der Waals surface area contributed by atoms with Crippen molar-refractivity contribution in [1.29, 1.82) is 0 Å². The number of rotatable bonds is 6. The molecule has 3 rings (SSSR count). The molecule has 1 atom stereocenters. The zero-order valence-corrected chi connectivity index (χ0v) is 15.8. The second kappa shape index (κ2) is 8.86. The lowest BCUT2D eigenvalue weighted by Crippen LogP contribution is -2.35. The van der Waals surface area contributed by atoms with E-state index in [9.17, 15) is 19.2 Å². The third-order valence-corrected chi connectivity index (χ3v) is 5.19. The van der Waals surface area contributed by atoms with Gasteiger partial charge < -0.3 is 19.7 Å². The standard InChI is InChI=1S/C20H24N2O6/c1-27-19(25)13-6-8-15(9-7-13)21-17(23)12-28-20(26)14-10-18(24)22(11-14)16-4-2-3-5-16/h6-9,14,16H,2-5,10-12H2,1H3,(H,21,23)/t14-/m0/s1. The average Bonchev–Trinajstić information content (AvgIpc) is 3.35. The molecule has 0 spiro atoms. The van der Waals surface area contributed by atoms with Gasteiger partial charge in [-0.15, -0.1) is 0 Å². The molecule has 1 aromatic carbocycles. The van der Waals surface area contributed by atoms with Crippen LogP contribution < -0.4 is 5.32 Å². The minimum absolute atomic E-state index is 0.0102. The lowest BCUT2D eigenvalue weighted by atomic mass is 10.1. The molecule has 1 N–H and O–H groups in total. The average molecular weight is 388 g/mol. The van der Waals surface area contributed by atoms with Crippen LogP contribution in [0.2, 0.25) is 0 Å². The number of esters is 2. The van der Waals surface area contributed by atoms with E-state index in [0.717, 1.165) is 25.7 Å². The quantitative estimate of drug-likeness (QED) is 0.745. The fourth-order valence-corrected chi connectivity index (χ4v) is 3.72. The largest absolute Gasteiger partial charge is 0.465 e. The Morgan fingerprint density at radius 1 is 1.14 bits per heavy atom. The van der Waals surface area contributed by atoms with Gasteiger partial charge >= 0.3 is 11.9 Å². The number of hydrogen-bond donors (Lipinski definition) is 1. The van der Waals surface area contributed by atoms with Crippen LogP contribution in [0.15, 0.2) is 24.3 Å². The highest BCUT2D eigenvalue weighted by molar-refractivity contribution is 5.95.